The third-order valence-corrected chi connectivity index (χ3v) is 3.76. The summed E-state index contributed by atoms with van der Waals surface area (Å²) in [7, 11) is 3.04. The van der Waals surface area contributed by atoms with Crippen LogP contribution >= 0.6 is 11.6 Å². The van der Waals surface area contributed by atoms with Crippen molar-refractivity contribution >= 4 is 29.2 Å². The Bertz CT molecular complexity index is 802. The summed E-state index contributed by atoms with van der Waals surface area (Å²) >= 11 is 6.12. The topological polar surface area (TPSA) is 83.1 Å². The summed E-state index contributed by atoms with van der Waals surface area (Å²) in [4.78, 5) is 23.8. The fourth-order valence-electron chi connectivity index (χ4n) is 2.16. The molecule has 0 fully saturated rings. The van der Waals surface area contributed by atoms with Crippen LogP contribution in [-0.4, -0.2) is 39.3 Å². The Morgan fingerprint density at radius 1 is 1.00 bits per heavy atom. The Labute approximate surface area is 162 Å². The zero-order chi connectivity index (χ0) is 19.8. The van der Waals surface area contributed by atoms with Crippen molar-refractivity contribution in [2.75, 3.05) is 32.8 Å². The van der Waals surface area contributed by atoms with E-state index < -0.39 is 11.9 Å². The number of carbonyl (C=O) groups is 2. The van der Waals surface area contributed by atoms with Gasteiger partial charge in [0.25, 0.3) is 5.91 Å². The summed E-state index contributed by atoms with van der Waals surface area (Å²) in [5.74, 6) is 0.616. The third kappa shape index (κ3) is 5.79. The van der Waals surface area contributed by atoms with Crippen molar-refractivity contribution in [2.45, 2.75) is 6.92 Å². The molecule has 2 rings (SSSR count). The smallest absolute Gasteiger partial charge is 0.338 e. The first-order valence-electron chi connectivity index (χ1n) is 8.09. The molecular formula is C19H20ClNO6. The van der Waals surface area contributed by atoms with Gasteiger partial charge in [-0.1, -0.05) is 11.6 Å². The van der Waals surface area contributed by atoms with Crippen LogP contribution in [0.3, 0.4) is 0 Å². The molecule has 0 spiro atoms. The summed E-state index contributed by atoms with van der Waals surface area (Å²) in [6.07, 6.45) is 0. The first kappa shape index (κ1) is 20.4. The number of hydrogen-bond acceptors (Lipinski definition) is 6. The molecule has 0 radical (unpaired) electrons. The van der Waals surface area contributed by atoms with Crippen molar-refractivity contribution in [1.29, 1.82) is 0 Å². The van der Waals surface area contributed by atoms with E-state index in [0.29, 0.717) is 28.5 Å². The number of rotatable bonds is 8. The molecule has 0 bridgehead atoms. The molecule has 144 valence electrons. The molecule has 1 N–H and O–H groups in total. The number of anilines is 1. The quantitative estimate of drug-likeness (QED) is 0.690. The molecule has 0 heterocycles. The maximum Gasteiger partial charge on any atom is 0.338 e. The molecule has 0 saturated carbocycles. The van der Waals surface area contributed by atoms with Gasteiger partial charge in [0.15, 0.2) is 6.61 Å². The molecule has 2 aromatic rings. The van der Waals surface area contributed by atoms with Crippen LogP contribution in [0.15, 0.2) is 36.4 Å². The fourth-order valence-corrected chi connectivity index (χ4v) is 2.39. The van der Waals surface area contributed by atoms with E-state index in [0.717, 1.165) is 0 Å². The number of ether oxygens (including phenoxy) is 4. The van der Waals surface area contributed by atoms with Crippen LogP contribution in [0.25, 0.3) is 0 Å². The van der Waals surface area contributed by atoms with Gasteiger partial charge in [-0.25, -0.2) is 4.79 Å². The van der Waals surface area contributed by atoms with Gasteiger partial charge in [-0.15, -0.1) is 0 Å². The van der Waals surface area contributed by atoms with E-state index in [1.807, 2.05) is 0 Å². The minimum Gasteiger partial charge on any atom is -0.496 e. The number of hydrogen-bond donors (Lipinski definition) is 1. The molecule has 7 nitrogen and oxygen atoms in total. The van der Waals surface area contributed by atoms with Gasteiger partial charge in [-0.05, 0) is 25.1 Å². The first-order valence-corrected chi connectivity index (χ1v) is 8.47. The summed E-state index contributed by atoms with van der Waals surface area (Å²) in [5.41, 5.74) is 0.668. The number of benzene rings is 2. The van der Waals surface area contributed by atoms with Gasteiger partial charge in [0, 0.05) is 18.2 Å². The van der Waals surface area contributed by atoms with Crippen LogP contribution in [0.1, 0.15) is 17.3 Å². The lowest BCUT2D eigenvalue weighted by molar-refractivity contribution is -0.118. The molecule has 1 amide bonds. The van der Waals surface area contributed by atoms with Crippen molar-refractivity contribution in [3.8, 4) is 17.2 Å². The number of methoxy groups -OCH3 is 2. The molecule has 0 aliphatic heterocycles. The normalized spacial score (nSPS) is 10.1. The van der Waals surface area contributed by atoms with Crippen LogP contribution in [0, 0.1) is 0 Å². The number of halogens is 1. The van der Waals surface area contributed by atoms with E-state index in [-0.39, 0.29) is 18.2 Å². The Kier molecular flexibility index (Phi) is 7.31. The van der Waals surface area contributed by atoms with Crippen molar-refractivity contribution in [1.82, 2.24) is 0 Å². The minimum absolute atomic E-state index is 0.219. The fraction of sp³-hybridized carbons (Fsp3) is 0.263. The molecule has 2 aromatic carbocycles. The number of carbonyl (C=O) groups excluding carboxylic acids is 2. The molecule has 0 saturated heterocycles. The summed E-state index contributed by atoms with van der Waals surface area (Å²) < 4.78 is 20.7. The molecule has 27 heavy (non-hydrogen) atoms. The summed E-state index contributed by atoms with van der Waals surface area (Å²) in [6, 6.07) is 9.45. The van der Waals surface area contributed by atoms with Crippen molar-refractivity contribution < 1.29 is 28.5 Å². The van der Waals surface area contributed by atoms with E-state index in [4.69, 9.17) is 30.5 Å². The van der Waals surface area contributed by atoms with Crippen LogP contribution in [0.5, 0.6) is 17.2 Å². The Morgan fingerprint density at radius 2 is 1.63 bits per heavy atom. The largest absolute Gasteiger partial charge is 0.496 e. The molecular weight excluding hydrogens is 374 g/mol. The minimum atomic E-state index is -0.479. The van der Waals surface area contributed by atoms with Gasteiger partial charge in [0.2, 0.25) is 0 Å². The Hall–Kier alpha value is -2.93. The van der Waals surface area contributed by atoms with Gasteiger partial charge in [0.1, 0.15) is 17.2 Å². The summed E-state index contributed by atoms with van der Waals surface area (Å²) in [5, 5.41) is 2.84. The maximum absolute atomic E-state index is 12.1. The van der Waals surface area contributed by atoms with Gasteiger partial charge in [-0.3, -0.25) is 4.79 Å². The van der Waals surface area contributed by atoms with Crippen molar-refractivity contribution in [3.05, 3.63) is 47.0 Å². The van der Waals surface area contributed by atoms with Crippen molar-refractivity contribution in [3.63, 3.8) is 0 Å². The van der Waals surface area contributed by atoms with Gasteiger partial charge < -0.3 is 24.3 Å². The lowest BCUT2D eigenvalue weighted by atomic mass is 10.2. The average Bonchev–Trinajstić information content (AvgIpc) is 2.67. The van der Waals surface area contributed by atoms with Crippen LogP contribution in [0.2, 0.25) is 5.02 Å². The maximum atomic E-state index is 12.1. The number of esters is 1. The molecule has 0 atom stereocenters. The second-order valence-electron chi connectivity index (χ2n) is 5.30. The lowest BCUT2D eigenvalue weighted by Gasteiger charge is -2.11. The van der Waals surface area contributed by atoms with E-state index in [1.54, 1.807) is 25.1 Å². The van der Waals surface area contributed by atoms with Crippen LogP contribution < -0.4 is 19.5 Å². The van der Waals surface area contributed by atoms with Gasteiger partial charge in [0.05, 0.1) is 37.1 Å². The molecule has 0 aromatic heterocycles. The lowest BCUT2D eigenvalue weighted by Crippen LogP contribution is -2.20. The van der Waals surface area contributed by atoms with E-state index in [1.165, 1.54) is 32.4 Å². The molecule has 0 unspecified atom stereocenters. The van der Waals surface area contributed by atoms with E-state index in [9.17, 15) is 9.59 Å². The standard InChI is InChI=1S/C19H20ClNO6/c1-4-26-19(23)12-5-6-17(16(20)7-12)21-18(22)11-27-15-9-13(24-2)8-14(10-15)25-3/h5-10H,4,11H2,1-3H3,(H,21,22). The molecule has 8 heteroatoms. The highest BCUT2D eigenvalue weighted by Gasteiger charge is 2.12. The summed E-state index contributed by atoms with van der Waals surface area (Å²) in [6.45, 7) is 1.74. The molecule has 0 aliphatic carbocycles. The third-order valence-electron chi connectivity index (χ3n) is 3.45. The van der Waals surface area contributed by atoms with Crippen LogP contribution in [0.4, 0.5) is 5.69 Å². The zero-order valence-electron chi connectivity index (χ0n) is 15.2. The van der Waals surface area contributed by atoms with Crippen molar-refractivity contribution in [2.24, 2.45) is 0 Å². The highest BCUT2D eigenvalue weighted by atomic mass is 35.5. The zero-order valence-corrected chi connectivity index (χ0v) is 16.0. The Balaban J connectivity index is 1.99. The number of nitrogens with one attached hydrogen (secondary N) is 1. The second-order valence-corrected chi connectivity index (χ2v) is 5.71. The van der Waals surface area contributed by atoms with E-state index >= 15 is 0 Å². The second kappa shape index (κ2) is 9.68. The average molecular weight is 394 g/mol. The first-order chi connectivity index (χ1) is 13.0. The highest BCUT2D eigenvalue weighted by molar-refractivity contribution is 6.34. The van der Waals surface area contributed by atoms with Crippen LogP contribution in [-0.2, 0) is 9.53 Å². The monoisotopic (exact) mass is 393 g/mol. The van der Waals surface area contributed by atoms with Gasteiger partial charge >= 0.3 is 5.97 Å². The van der Waals surface area contributed by atoms with Gasteiger partial charge in [-0.2, -0.15) is 0 Å². The predicted molar refractivity (Wildman–Crippen MR) is 101 cm³/mol. The SMILES string of the molecule is CCOC(=O)c1ccc(NC(=O)COc2cc(OC)cc(OC)c2)c(Cl)c1. The molecule has 0 aliphatic rings. The predicted octanol–water partition coefficient (Wildman–Crippen LogP) is 3.55. The van der Waals surface area contributed by atoms with E-state index in [2.05, 4.69) is 5.32 Å². The Morgan fingerprint density at radius 3 is 2.19 bits per heavy atom. The highest BCUT2D eigenvalue weighted by Crippen LogP contribution is 2.27. The number of amides is 1.